The van der Waals surface area contributed by atoms with Crippen molar-refractivity contribution in [3.63, 3.8) is 0 Å². The molecule has 6 heteroatoms. The van der Waals surface area contributed by atoms with Crippen LogP contribution in [0.1, 0.15) is 22.4 Å². The van der Waals surface area contributed by atoms with Crippen molar-refractivity contribution in [2.75, 3.05) is 0 Å². The van der Waals surface area contributed by atoms with Gasteiger partial charge in [-0.15, -0.1) is 21.5 Å². The first kappa shape index (κ1) is 14.9. The Kier molecular flexibility index (Phi) is 4.22. The molecule has 0 aliphatic heterocycles. The topological polar surface area (TPSA) is 64.1 Å². The first-order valence-corrected chi connectivity index (χ1v) is 8.46. The van der Waals surface area contributed by atoms with E-state index in [9.17, 15) is 0 Å². The standard InChI is InChI=1S/C18H15N3O2S/c1-2-6-13(7-3-1)17(15-9-5-11-24-15)19-12-16-20-21-18(23-16)14-8-4-10-22-14/h1-11,17,19H,12H2/t17-/m1/s1. The van der Waals surface area contributed by atoms with Crippen molar-refractivity contribution in [2.45, 2.75) is 12.6 Å². The lowest BCUT2D eigenvalue weighted by molar-refractivity contribution is 0.450. The predicted molar refractivity (Wildman–Crippen MR) is 91.4 cm³/mol. The third-order valence-electron chi connectivity index (χ3n) is 3.62. The summed E-state index contributed by atoms with van der Waals surface area (Å²) in [7, 11) is 0. The Balaban J connectivity index is 1.52. The summed E-state index contributed by atoms with van der Waals surface area (Å²) >= 11 is 1.72. The second-order valence-corrected chi connectivity index (χ2v) is 6.20. The lowest BCUT2D eigenvalue weighted by Crippen LogP contribution is -2.21. The van der Waals surface area contributed by atoms with Crippen molar-refractivity contribution in [3.8, 4) is 11.7 Å². The minimum atomic E-state index is 0.0881. The molecule has 0 bridgehead atoms. The van der Waals surface area contributed by atoms with Gasteiger partial charge >= 0.3 is 0 Å². The normalized spacial score (nSPS) is 12.3. The van der Waals surface area contributed by atoms with Gasteiger partial charge in [0.25, 0.3) is 5.89 Å². The Labute approximate surface area is 143 Å². The summed E-state index contributed by atoms with van der Waals surface area (Å²) in [6.07, 6.45) is 1.58. The second kappa shape index (κ2) is 6.82. The molecule has 0 unspecified atom stereocenters. The van der Waals surface area contributed by atoms with E-state index in [0.29, 0.717) is 24.1 Å². The number of aromatic nitrogens is 2. The van der Waals surface area contributed by atoms with Crippen LogP contribution in [0.25, 0.3) is 11.7 Å². The maximum Gasteiger partial charge on any atom is 0.283 e. The molecule has 0 spiro atoms. The second-order valence-electron chi connectivity index (χ2n) is 5.22. The minimum absolute atomic E-state index is 0.0881. The highest BCUT2D eigenvalue weighted by Gasteiger charge is 2.17. The number of hydrogen-bond acceptors (Lipinski definition) is 6. The molecule has 120 valence electrons. The van der Waals surface area contributed by atoms with E-state index in [1.807, 2.05) is 18.2 Å². The van der Waals surface area contributed by atoms with Crippen LogP contribution in [0.5, 0.6) is 0 Å². The van der Waals surface area contributed by atoms with E-state index in [-0.39, 0.29) is 6.04 Å². The molecule has 1 atom stereocenters. The van der Waals surface area contributed by atoms with Gasteiger partial charge in [0, 0.05) is 4.88 Å². The van der Waals surface area contributed by atoms with Crippen LogP contribution in [0.4, 0.5) is 0 Å². The van der Waals surface area contributed by atoms with Gasteiger partial charge in [-0.3, -0.25) is 5.32 Å². The Morgan fingerprint density at radius 1 is 1.00 bits per heavy atom. The highest BCUT2D eigenvalue weighted by molar-refractivity contribution is 7.10. The van der Waals surface area contributed by atoms with Crippen molar-refractivity contribution < 1.29 is 8.83 Å². The fourth-order valence-electron chi connectivity index (χ4n) is 2.50. The molecule has 0 aliphatic carbocycles. The van der Waals surface area contributed by atoms with Crippen LogP contribution in [0.15, 0.2) is 75.1 Å². The van der Waals surface area contributed by atoms with Crippen molar-refractivity contribution in [2.24, 2.45) is 0 Å². The molecule has 24 heavy (non-hydrogen) atoms. The number of rotatable bonds is 6. The minimum Gasteiger partial charge on any atom is -0.459 e. The van der Waals surface area contributed by atoms with Crippen LogP contribution < -0.4 is 5.32 Å². The molecule has 3 aromatic heterocycles. The summed E-state index contributed by atoms with van der Waals surface area (Å²) in [6.45, 7) is 0.477. The number of hydrogen-bond donors (Lipinski definition) is 1. The Morgan fingerprint density at radius 3 is 2.67 bits per heavy atom. The zero-order valence-electron chi connectivity index (χ0n) is 12.8. The summed E-state index contributed by atoms with van der Waals surface area (Å²) < 4.78 is 10.9. The van der Waals surface area contributed by atoms with E-state index >= 15 is 0 Å². The number of thiophene rings is 1. The summed E-state index contributed by atoms with van der Waals surface area (Å²) in [5, 5.41) is 13.7. The molecule has 0 fully saturated rings. The van der Waals surface area contributed by atoms with E-state index in [1.54, 1.807) is 29.7 Å². The highest BCUT2D eigenvalue weighted by atomic mass is 32.1. The maximum absolute atomic E-state index is 5.66. The van der Waals surface area contributed by atoms with Gasteiger partial charge < -0.3 is 8.83 Å². The van der Waals surface area contributed by atoms with Gasteiger partial charge in [-0.25, -0.2) is 0 Å². The van der Waals surface area contributed by atoms with Gasteiger partial charge in [-0.05, 0) is 29.1 Å². The quantitative estimate of drug-likeness (QED) is 0.569. The average Bonchev–Trinajstić information content (AvgIpc) is 3.38. The van der Waals surface area contributed by atoms with Crippen molar-refractivity contribution in [1.82, 2.24) is 15.5 Å². The summed E-state index contributed by atoms with van der Waals surface area (Å²) in [6, 6.07) is 18.2. The van der Waals surface area contributed by atoms with Crippen LogP contribution in [-0.4, -0.2) is 10.2 Å². The van der Waals surface area contributed by atoms with E-state index < -0.39 is 0 Å². The van der Waals surface area contributed by atoms with Gasteiger partial charge in [0.1, 0.15) is 0 Å². The van der Waals surface area contributed by atoms with Crippen molar-refractivity contribution in [3.05, 3.63) is 82.6 Å². The number of benzene rings is 1. The van der Waals surface area contributed by atoms with E-state index in [1.165, 1.54) is 10.4 Å². The first-order valence-electron chi connectivity index (χ1n) is 7.58. The van der Waals surface area contributed by atoms with Gasteiger partial charge in [0.2, 0.25) is 5.89 Å². The third kappa shape index (κ3) is 3.15. The van der Waals surface area contributed by atoms with Gasteiger partial charge in [-0.2, -0.15) is 0 Å². The van der Waals surface area contributed by atoms with Crippen LogP contribution in [0.2, 0.25) is 0 Å². The SMILES string of the molecule is c1ccc([C@@H](NCc2nnc(-c3ccco3)o2)c2cccs2)cc1. The lowest BCUT2D eigenvalue weighted by atomic mass is 10.1. The molecule has 0 radical (unpaired) electrons. The van der Waals surface area contributed by atoms with Crippen LogP contribution in [0.3, 0.4) is 0 Å². The molecule has 1 aromatic carbocycles. The average molecular weight is 337 g/mol. The van der Waals surface area contributed by atoms with Gasteiger partial charge in [-0.1, -0.05) is 36.4 Å². The molecular formula is C18H15N3O2S. The molecule has 0 amide bonds. The molecule has 3 heterocycles. The van der Waals surface area contributed by atoms with E-state index in [4.69, 9.17) is 8.83 Å². The fraction of sp³-hybridized carbons (Fsp3) is 0.111. The highest BCUT2D eigenvalue weighted by Crippen LogP contribution is 2.26. The zero-order chi connectivity index (χ0) is 16.2. The smallest absolute Gasteiger partial charge is 0.283 e. The Bertz CT molecular complexity index is 870. The Morgan fingerprint density at radius 2 is 1.92 bits per heavy atom. The molecule has 5 nitrogen and oxygen atoms in total. The van der Waals surface area contributed by atoms with Crippen LogP contribution >= 0.6 is 11.3 Å². The number of furan rings is 1. The molecule has 0 aliphatic rings. The fourth-order valence-corrected chi connectivity index (χ4v) is 3.32. The first-order chi connectivity index (χ1) is 11.9. The monoisotopic (exact) mass is 337 g/mol. The summed E-state index contributed by atoms with van der Waals surface area (Å²) in [5.41, 5.74) is 1.20. The van der Waals surface area contributed by atoms with Gasteiger partial charge in [0.15, 0.2) is 5.76 Å². The lowest BCUT2D eigenvalue weighted by Gasteiger charge is -2.16. The Hall–Kier alpha value is -2.70. The van der Waals surface area contributed by atoms with Gasteiger partial charge in [0.05, 0.1) is 18.8 Å². The molecule has 4 rings (SSSR count). The maximum atomic E-state index is 5.66. The summed E-state index contributed by atoms with van der Waals surface area (Å²) in [5.74, 6) is 1.50. The van der Waals surface area contributed by atoms with Crippen LogP contribution in [-0.2, 0) is 6.54 Å². The molecule has 0 saturated heterocycles. The zero-order valence-corrected chi connectivity index (χ0v) is 13.6. The largest absolute Gasteiger partial charge is 0.459 e. The molecule has 4 aromatic rings. The number of nitrogens with zero attached hydrogens (tertiary/aromatic N) is 2. The van der Waals surface area contributed by atoms with Crippen LogP contribution in [0, 0.1) is 0 Å². The third-order valence-corrected chi connectivity index (χ3v) is 4.55. The molecule has 1 N–H and O–H groups in total. The van der Waals surface area contributed by atoms with E-state index in [2.05, 4.69) is 45.2 Å². The molecule has 0 saturated carbocycles. The van der Waals surface area contributed by atoms with E-state index in [0.717, 1.165) is 0 Å². The summed E-state index contributed by atoms with van der Waals surface area (Å²) in [4.78, 5) is 1.24. The number of nitrogens with one attached hydrogen (secondary N) is 1. The molecular weight excluding hydrogens is 322 g/mol. The van der Waals surface area contributed by atoms with Crippen molar-refractivity contribution in [1.29, 1.82) is 0 Å². The van der Waals surface area contributed by atoms with Crippen molar-refractivity contribution >= 4 is 11.3 Å². The predicted octanol–water partition coefficient (Wildman–Crippen LogP) is 4.27.